The molecule has 0 N–H and O–H groups in total. The fraction of sp³-hybridized carbons (Fsp3) is 0.917. The summed E-state index contributed by atoms with van der Waals surface area (Å²) >= 11 is 0. The zero-order valence-corrected chi connectivity index (χ0v) is 31.4. The molecule has 3 aliphatic rings. The average molecular weight is 655 g/mol. The Bertz CT molecular complexity index is 811. The van der Waals surface area contributed by atoms with Crippen LogP contribution in [0.25, 0.3) is 0 Å². The lowest BCUT2D eigenvalue weighted by Gasteiger charge is -2.31. The zero-order valence-electron chi connectivity index (χ0n) is 31.4. The number of likely N-dealkylation sites (N-methyl/N-ethyl adjacent to an activating group) is 1. The van der Waals surface area contributed by atoms with Crippen LogP contribution in [-0.4, -0.2) is 136 Å². The average Bonchev–Trinajstić information content (AvgIpc) is 2.96. The van der Waals surface area contributed by atoms with Crippen molar-refractivity contribution in [3.63, 3.8) is 0 Å². The SMILES string of the molecule is CC(C)(C)COC(=O)CN1CCCCC1.CC(C)(C)COC(=O)CN1CCCCC1.CN1CCN(CC(=O)OCC(C)(C)C)CC1. The van der Waals surface area contributed by atoms with Gasteiger partial charge in [0.1, 0.15) is 0 Å². The van der Waals surface area contributed by atoms with Crippen LogP contribution < -0.4 is 0 Å². The molecule has 3 saturated heterocycles. The van der Waals surface area contributed by atoms with Gasteiger partial charge in [-0.3, -0.25) is 29.1 Å². The summed E-state index contributed by atoms with van der Waals surface area (Å²) in [6, 6.07) is 0. The minimum Gasteiger partial charge on any atom is -0.464 e. The van der Waals surface area contributed by atoms with Crippen LogP contribution in [0.2, 0.25) is 0 Å². The summed E-state index contributed by atoms with van der Waals surface area (Å²) in [5, 5.41) is 0. The zero-order chi connectivity index (χ0) is 34.8. The van der Waals surface area contributed by atoms with E-state index >= 15 is 0 Å². The first-order chi connectivity index (χ1) is 21.3. The van der Waals surface area contributed by atoms with Gasteiger partial charge in [0, 0.05) is 26.2 Å². The van der Waals surface area contributed by atoms with Crippen LogP contribution in [0.4, 0.5) is 0 Å². The van der Waals surface area contributed by atoms with Crippen molar-refractivity contribution in [1.29, 1.82) is 0 Å². The molecule has 0 bridgehead atoms. The number of ether oxygens (including phenoxy) is 3. The number of rotatable bonds is 9. The van der Waals surface area contributed by atoms with Crippen molar-refractivity contribution < 1.29 is 28.6 Å². The van der Waals surface area contributed by atoms with Crippen molar-refractivity contribution in [3.8, 4) is 0 Å². The molecule has 0 amide bonds. The standard InChI is InChI=1S/C12H24N2O2.2C12H23NO2/c1-12(2,3)10-16-11(15)9-14-7-5-13(4)6-8-14;2*1-12(2,3)10-15-11(14)9-13-7-5-4-6-8-13/h5-10H2,1-4H3;2*4-10H2,1-3H3. The molecule has 3 heterocycles. The second-order valence-electron chi connectivity index (χ2n) is 16.9. The highest BCUT2D eigenvalue weighted by Crippen LogP contribution is 2.15. The second-order valence-corrected chi connectivity index (χ2v) is 16.9. The van der Waals surface area contributed by atoms with E-state index in [1.165, 1.54) is 38.5 Å². The van der Waals surface area contributed by atoms with Crippen molar-refractivity contribution >= 4 is 17.9 Å². The molecule has 46 heavy (non-hydrogen) atoms. The summed E-state index contributed by atoms with van der Waals surface area (Å²) in [7, 11) is 2.11. The van der Waals surface area contributed by atoms with Gasteiger partial charge in [-0.2, -0.15) is 0 Å². The van der Waals surface area contributed by atoms with Crippen molar-refractivity contribution in [2.75, 3.05) is 98.9 Å². The lowest BCUT2D eigenvalue weighted by Crippen LogP contribution is -2.46. The summed E-state index contributed by atoms with van der Waals surface area (Å²) in [5.41, 5.74) is 0.187. The highest BCUT2D eigenvalue weighted by molar-refractivity contribution is 5.72. The summed E-state index contributed by atoms with van der Waals surface area (Å²) < 4.78 is 15.7. The number of piperidine rings is 2. The molecule has 10 heteroatoms. The topological polar surface area (TPSA) is 91.9 Å². The maximum absolute atomic E-state index is 11.6. The molecule has 0 aromatic carbocycles. The molecule has 10 nitrogen and oxygen atoms in total. The van der Waals surface area contributed by atoms with Crippen molar-refractivity contribution in [1.82, 2.24) is 19.6 Å². The molecule has 0 saturated carbocycles. The van der Waals surface area contributed by atoms with E-state index in [0.717, 1.165) is 52.4 Å². The minimum absolute atomic E-state index is 0.0533. The fourth-order valence-electron chi connectivity index (χ4n) is 4.82. The molecule has 0 radical (unpaired) electrons. The Morgan fingerprint density at radius 2 is 0.696 bits per heavy atom. The van der Waals surface area contributed by atoms with Crippen LogP contribution in [0.3, 0.4) is 0 Å². The van der Waals surface area contributed by atoms with Gasteiger partial charge in [-0.15, -0.1) is 0 Å². The Kier molecular flexibility index (Phi) is 19.5. The number of hydrogen-bond donors (Lipinski definition) is 0. The number of carbonyl (C=O) groups is 3. The molecule has 0 aromatic rings. The summed E-state index contributed by atoms with van der Waals surface area (Å²) in [6.07, 6.45) is 7.46. The number of carbonyl (C=O) groups excluding carboxylic acids is 3. The van der Waals surface area contributed by atoms with Crippen molar-refractivity contribution in [3.05, 3.63) is 0 Å². The Morgan fingerprint density at radius 1 is 0.435 bits per heavy atom. The van der Waals surface area contributed by atoms with Crippen LogP contribution >= 0.6 is 0 Å². The normalized spacial score (nSPS) is 19.2. The van der Waals surface area contributed by atoms with Gasteiger partial charge in [-0.25, -0.2) is 0 Å². The highest BCUT2D eigenvalue weighted by atomic mass is 16.5. The predicted octanol–water partition coefficient (Wildman–Crippen LogP) is 4.95. The quantitative estimate of drug-likeness (QED) is 0.251. The van der Waals surface area contributed by atoms with E-state index in [1.807, 2.05) is 0 Å². The molecule has 0 spiro atoms. The van der Waals surface area contributed by atoms with E-state index in [9.17, 15) is 14.4 Å². The van der Waals surface area contributed by atoms with Gasteiger partial charge >= 0.3 is 17.9 Å². The first-order valence-corrected chi connectivity index (χ1v) is 17.6. The van der Waals surface area contributed by atoms with Gasteiger partial charge in [0.15, 0.2) is 0 Å². The summed E-state index contributed by atoms with van der Waals surface area (Å²) in [6.45, 7) is 29.7. The highest BCUT2D eigenvalue weighted by Gasteiger charge is 2.20. The minimum atomic E-state index is -0.0977. The summed E-state index contributed by atoms with van der Waals surface area (Å²) in [5.74, 6) is -0.252. The molecular formula is C36H70N4O6. The van der Waals surface area contributed by atoms with Gasteiger partial charge in [-0.05, 0) is 75.2 Å². The monoisotopic (exact) mass is 655 g/mol. The predicted molar refractivity (Wildman–Crippen MR) is 186 cm³/mol. The van der Waals surface area contributed by atoms with Gasteiger partial charge < -0.3 is 19.1 Å². The first kappa shape index (κ1) is 42.3. The number of esters is 3. The number of hydrogen-bond acceptors (Lipinski definition) is 10. The third-order valence-electron chi connectivity index (χ3n) is 7.55. The molecule has 3 aliphatic heterocycles. The molecular weight excluding hydrogens is 584 g/mol. The Balaban J connectivity index is 0.000000345. The Morgan fingerprint density at radius 3 is 0.957 bits per heavy atom. The fourth-order valence-corrected chi connectivity index (χ4v) is 4.82. The molecule has 0 aromatic heterocycles. The maximum atomic E-state index is 11.6. The molecule has 0 aliphatic carbocycles. The molecule has 3 rings (SSSR count). The van der Waals surface area contributed by atoms with Crippen molar-refractivity contribution in [2.45, 2.75) is 101 Å². The van der Waals surface area contributed by atoms with E-state index in [1.54, 1.807) is 0 Å². The lowest BCUT2D eigenvalue weighted by atomic mass is 9.99. The van der Waals surface area contributed by atoms with Crippen LogP contribution in [0.15, 0.2) is 0 Å². The van der Waals surface area contributed by atoms with Gasteiger partial charge in [0.05, 0.1) is 39.5 Å². The van der Waals surface area contributed by atoms with E-state index in [0.29, 0.717) is 39.5 Å². The number of likely N-dealkylation sites (tertiary alicyclic amines) is 2. The summed E-state index contributed by atoms with van der Waals surface area (Å²) in [4.78, 5) is 43.4. The van der Waals surface area contributed by atoms with E-state index in [-0.39, 0.29) is 34.2 Å². The van der Waals surface area contributed by atoms with E-state index < -0.39 is 0 Å². The van der Waals surface area contributed by atoms with Crippen LogP contribution in [-0.2, 0) is 28.6 Å². The largest absolute Gasteiger partial charge is 0.464 e. The van der Waals surface area contributed by atoms with E-state index in [4.69, 9.17) is 14.2 Å². The van der Waals surface area contributed by atoms with Crippen LogP contribution in [0.1, 0.15) is 101 Å². The molecule has 0 unspecified atom stereocenters. The molecule has 0 atom stereocenters. The van der Waals surface area contributed by atoms with Crippen LogP contribution in [0.5, 0.6) is 0 Å². The Labute approximate surface area is 281 Å². The smallest absolute Gasteiger partial charge is 0.320 e. The van der Waals surface area contributed by atoms with Gasteiger partial charge in [0.2, 0.25) is 0 Å². The van der Waals surface area contributed by atoms with Crippen molar-refractivity contribution in [2.24, 2.45) is 16.2 Å². The first-order valence-electron chi connectivity index (χ1n) is 17.6. The lowest BCUT2D eigenvalue weighted by molar-refractivity contribution is -0.148. The number of piperazine rings is 1. The Hall–Kier alpha value is -1.75. The third kappa shape index (κ3) is 24.4. The van der Waals surface area contributed by atoms with E-state index in [2.05, 4.69) is 89.0 Å². The second kappa shape index (κ2) is 21.3. The maximum Gasteiger partial charge on any atom is 0.320 e. The molecule has 270 valence electrons. The van der Waals surface area contributed by atoms with Gasteiger partial charge in [-0.1, -0.05) is 75.2 Å². The van der Waals surface area contributed by atoms with Gasteiger partial charge in [0.25, 0.3) is 0 Å². The van der Waals surface area contributed by atoms with Crippen LogP contribution in [0, 0.1) is 16.2 Å². The third-order valence-corrected chi connectivity index (χ3v) is 7.55. The molecule has 3 fully saturated rings. The number of nitrogens with zero attached hydrogens (tertiary/aromatic N) is 4.